The van der Waals surface area contributed by atoms with Gasteiger partial charge in [0.25, 0.3) is 0 Å². The predicted molar refractivity (Wildman–Crippen MR) is 127 cm³/mol. The topological polar surface area (TPSA) is 51.5 Å². The Labute approximate surface area is 194 Å². The standard InChI is InChI=1S/C25H28N4O2S/c1-30-19-11-9-18(10-12-19)16-29-24(23(27-25(29)32)21-7-2-3-13-26-21)22-8-4-14-28(22)17-20-6-5-15-31-20/h2-4,7-14,20,23-24H,5-6,15-17H2,1H3,(H,27,32)/t20-,23-,24-/m0/s1. The maximum atomic E-state index is 5.92. The molecule has 32 heavy (non-hydrogen) atoms. The molecule has 2 aromatic heterocycles. The first kappa shape index (κ1) is 21.0. The van der Waals surface area contributed by atoms with E-state index in [1.807, 2.05) is 30.5 Å². The van der Waals surface area contributed by atoms with Gasteiger partial charge in [0.1, 0.15) is 5.75 Å². The first-order valence-corrected chi connectivity index (χ1v) is 11.5. The molecular weight excluding hydrogens is 420 g/mol. The van der Waals surface area contributed by atoms with Gasteiger partial charge in [-0.1, -0.05) is 18.2 Å². The number of hydrogen-bond acceptors (Lipinski definition) is 4. The van der Waals surface area contributed by atoms with Crippen molar-refractivity contribution in [1.29, 1.82) is 0 Å². The van der Waals surface area contributed by atoms with Crippen molar-refractivity contribution in [2.75, 3.05) is 13.7 Å². The molecule has 2 aliphatic heterocycles. The molecule has 3 atom stereocenters. The number of nitrogens with one attached hydrogen (secondary N) is 1. The van der Waals surface area contributed by atoms with Crippen molar-refractivity contribution in [3.05, 3.63) is 83.9 Å². The Morgan fingerprint density at radius 3 is 2.75 bits per heavy atom. The van der Waals surface area contributed by atoms with Gasteiger partial charge in [0, 0.05) is 37.8 Å². The van der Waals surface area contributed by atoms with Crippen molar-refractivity contribution in [2.24, 2.45) is 0 Å². The Balaban J connectivity index is 1.49. The fourth-order valence-electron chi connectivity index (χ4n) is 4.69. The van der Waals surface area contributed by atoms with Crippen LogP contribution in [0.15, 0.2) is 67.0 Å². The molecule has 2 aliphatic rings. The lowest BCUT2D eigenvalue weighted by Gasteiger charge is -2.29. The number of ether oxygens (including phenoxy) is 2. The Morgan fingerprint density at radius 2 is 2.03 bits per heavy atom. The molecule has 0 spiro atoms. The molecule has 0 saturated carbocycles. The smallest absolute Gasteiger partial charge is 0.170 e. The normalized spacial score (nSPS) is 22.8. The van der Waals surface area contributed by atoms with Gasteiger partial charge in [-0.2, -0.15) is 0 Å². The van der Waals surface area contributed by atoms with Crippen LogP contribution in [0, 0.1) is 0 Å². The average molecular weight is 449 g/mol. The summed E-state index contributed by atoms with van der Waals surface area (Å²) in [6, 6.07) is 18.5. The lowest BCUT2D eigenvalue weighted by molar-refractivity contribution is 0.0953. The predicted octanol–water partition coefficient (Wildman–Crippen LogP) is 4.24. The van der Waals surface area contributed by atoms with Crippen molar-refractivity contribution in [1.82, 2.24) is 19.8 Å². The van der Waals surface area contributed by atoms with Crippen LogP contribution in [0.1, 0.15) is 41.9 Å². The van der Waals surface area contributed by atoms with Crippen LogP contribution in [0.2, 0.25) is 0 Å². The minimum absolute atomic E-state index is 0.0240. The highest BCUT2D eigenvalue weighted by atomic mass is 32.1. The number of nitrogens with zero attached hydrogens (tertiary/aromatic N) is 3. The van der Waals surface area contributed by atoms with Crippen molar-refractivity contribution in [3.63, 3.8) is 0 Å². The quantitative estimate of drug-likeness (QED) is 0.546. The van der Waals surface area contributed by atoms with Crippen LogP contribution in [0.4, 0.5) is 0 Å². The second kappa shape index (κ2) is 9.30. The Kier molecular flexibility index (Phi) is 6.10. The summed E-state index contributed by atoms with van der Waals surface area (Å²) in [4.78, 5) is 6.93. The molecule has 7 heteroatoms. The van der Waals surface area contributed by atoms with Gasteiger partial charge in [-0.05, 0) is 67.0 Å². The van der Waals surface area contributed by atoms with E-state index in [0.29, 0.717) is 6.54 Å². The van der Waals surface area contributed by atoms with Crippen LogP contribution >= 0.6 is 12.2 Å². The van der Waals surface area contributed by atoms with E-state index in [9.17, 15) is 0 Å². The SMILES string of the molecule is COc1ccc(CN2C(=S)N[C@@H](c3ccccn3)[C@@H]2c2cccn2C[C@@H]2CCCO2)cc1. The Morgan fingerprint density at radius 1 is 1.16 bits per heavy atom. The van der Waals surface area contributed by atoms with Crippen LogP contribution in [-0.4, -0.2) is 39.4 Å². The summed E-state index contributed by atoms with van der Waals surface area (Å²) in [5, 5.41) is 4.29. The second-order valence-electron chi connectivity index (χ2n) is 8.32. The third-order valence-electron chi connectivity index (χ3n) is 6.30. The highest BCUT2D eigenvalue weighted by Crippen LogP contribution is 2.40. The van der Waals surface area contributed by atoms with E-state index in [2.05, 4.69) is 56.3 Å². The van der Waals surface area contributed by atoms with E-state index in [4.69, 9.17) is 21.7 Å². The zero-order chi connectivity index (χ0) is 21.9. The van der Waals surface area contributed by atoms with Crippen molar-refractivity contribution < 1.29 is 9.47 Å². The van der Waals surface area contributed by atoms with Crippen molar-refractivity contribution >= 4 is 17.3 Å². The molecule has 0 amide bonds. The molecule has 3 aromatic rings. The average Bonchev–Trinajstić information content (AvgIpc) is 3.57. The minimum atomic E-state index is -0.0277. The van der Waals surface area contributed by atoms with E-state index in [1.165, 1.54) is 11.3 Å². The van der Waals surface area contributed by atoms with Crippen LogP contribution in [-0.2, 0) is 17.8 Å². The Hall–Kier alpha value is -2.90. The highest BCUT2D eigenvalue weighted by molar-refractivity contribution is 7.80. The van der Waals surface area contributed by atoms with Gasteiger partial charge in [-0.15, -0.1) is 0 Å². The molecule has 4 heterocycles. The van der Waals surface area contributed by atoms with E-state index in [0.717, 1.165) is 42.5 Å². The first-order chi connectivity index (χ1) is 15.7. The number of aromatic nitrogens is 2. The molecule has 0 bridgehead atoms. The van der Waals surface area contributed by atoms with Crippen LogP contribution in [0.5, 0.6) is 5.75 Å². The minimum Gasteiger partial charge on any atom is -0.497 e. The molecule has 6 nitrogen and oxygen atoms in total. The fourth-order valence-corrected chi connectivity index (χ4v) is 5.00. The van der Waals surface area contributed by atoms with E-state index in [-0.39, 0.29) is 18.2 Å². The summed E-state index contributed by atoms with van der Waals surface area (Å²) in [6.45, 7) is 2.42. The molecule has 1 aromatic carbocycles. The van der Waals surface area contributed by atoms with Gasteiger partial charge in [0.2, 0.25) is 0 Å². The maximum absolute atomic E-state index is 5.92. The molecule has 2 saturated heterocycles. The lowest BCUT2D eigenvalue weighted by atomic mass is 10.0. The third-order valence-corrected chi connectivity index (χ3v) is 6.65. The van der Waals surface area contributed by atoms with Gasteiger partial charge >= 0.3 is 0 Å². The molecule has 1 N–H and O–H groups in total. The summed E-state index contributed by atoms with van der Waals surface area (Å²) in [7, 11) is 1.68. The molecule has 0 aliphatic carbocycles. The number of thiocarbonyl (C=S) groups is 1. The lowest BCUT2D eigenvalue weighted by Crippen LogP contribution is -2.30. The largest absolute Gasteiger partial charge is 0.497 e. The molecular formula is C25H28N4O2S. The van der Waals surface area contributed by atoms with Crippen LogP contribution in [0.3, 0.4) is 0 Å². The molecule has 0 radical (unpaired) electrons. The van der Waals surface area contributed by atoms with E-state index >= 15 is 0 Å². The summed E-state index contributed by atoms with van der Waals surface area (Å²) in [5.41, 5.74) is 3.39. The van der Waals surface area contributed by atoms with Gasteiger partial charge in [0.05, 0.1) is 31.0 Å². The van der Waals surface area contributed by atoms with Crippen molar-refractivity contribution in [3.8, 4) is 5.75 Å². The number of hydrogen-bond donors (Lipinski definition) is 1. The van der Waals surface area contributed by atoms with E-state index < -0.39 is 0 Å². The monoisotopic (exact) mass is 448 g/mol. The van der Waals surface area contributed by atoms with Crippen LogP contribution in [0.25, 0.3) is 0 Å². The summed E-state index contributed by atoms with van der Waals surface area (Å²) < 4.78 is 13.6. The maximum Gasteiger partial charge on any atom is 0.170 e. The molecule has 2 fully saturated rings. The highest BCUT2D eigenvalue weighted by Gasteiger charge is 2.41. The zero-order valence-electron chi connectivity index (χ0n) is 18.2. The van der Waals surface area contributed by atoms with Crippen molar-refractivity contribution in [2.45, 2.75) is 44.1 Å². The zero-order valence-corrected chi connectivity index (χ0v) is 19.0. The molecule has 0 unspecified atom stereocenters. The summed E-state index contributed by atoms with van der Waals surface area (Å²) in [6.07, 6.45) is 6.51. The summed E-state index contributed by atoms with van der Waals surface area (Å²) >= 11 is 5.83. The number of pyridine rings is 1. The Bertz CT molecular complexity index is 1050. The van der Waals surface area contributed by atoms with Gasteiger partial charge in [0.15, 0.2) is 5.11 Å². The molecule has 166 valence electrons. The van der Waals surface area contributed by atoms with Gasteiger partial charge in [-0.3, -0.25) is 4.98 Å². The van der Waals surface area contributed by atoms with E-state index in [1.54, 1.807) is 7.11 Å². The number of rotatable bonds is 7. The first-order valence-electron chi connectivity index (χ1n) is 11.1. The number of benzene rings is 1. The second-order valence-corrected chi connectivity index (χ2v) is 8.71. The van der Waals surface area contributed by atoms with Gasteiger partial charge < -0.3 is 24.3 Å². The molecule has 5 rings (SSSR count). The third kappa shape index (κ3) is 4.23. The fraction of sp³-hybridized carbons (Fsp3) is 0.360. The number of methoxy groups -OCH3 is 1. The summed E-state index contributed by atoms with van der Waals surface area (Å²) in [5.74, 6) is 0.851. The van der Waals surface area contributed by atoms with Gasteiger partial charge in [-0.25, -0.2) is 0 Å². The van der Waals surface area contributed by atoms with Crippen LogP contribution < -0.4 is 10.1 Å².